The van der Waals surface area contributed by atoms with Crippen LogP contribution in [0.1, 0.15) is 0 Å². The molecule has 0 amide bonds. The zero-order chi connectivity index (χ0) is 46.2. The number of fused-ring (bicyclic) bond motifs is 26. The van der Waals surface area contributed by atoms with E-state index in [2.05, 4.69) is 224 Å². The highest BCUT2D eigenvalue weighted by Gasteiger charge is 2.28. The lowest BCUT2D eigenvalue weighted by molar-refractivity contribution is 0.666. The van der Waals surface area contributed by atoms with E-state index in [1.54, 1.807) is 0 Å². The zero-order valence-corrected chi connectivity index (χ0v) is 38.2. The smallest absolute Gasteiger partial charge is 0.159 e. The number of aromatic nitrogens is 4. The maximum absolute atomic E-state index is 6.80. The molecular formula is C66H34N4O2. The minimum Gasteiger partial charge on any atom is -0.454 e. The first-order valence-electron chi connectivity index (χ1n) is 24.8. The fraction of sp³-hybridized carbons (Fsp3) is 0. The Morgan fingerprint density at radius 1 is 0.222 bits per heavy atom. The molecule has 0 radical (unpaired) electrons. The van der Waals surface area contributed by atoms with Gasteiger partial charge in [-0.2, -0.15) is 0 Å². The second kappa shape index (κ2) is 12.3. The second-order valence-electron chi connectivity index (χ2n) is 19.9. The first-order valence-corrected chi connectivity index (χ1v) is 24.8. The summed E-state index contributed by atoms with van der Waals surface area (Å²) in [6, 6.07) is 75.8. The second-order valence-corrected chi connectivity index (χ2v) is 19.9. The fourth-order valence-electron chi connectivity index (χ4n) is 13.8. The Bertz CT molecular complexity index is 5300. The van der Waals surface area contributed by atoms with Crippen molar-refractivity contribution < 1.29 is 8.83 Å². The van der Waals surface area contributed by atoms with Gasteiger partial charge in [0.15, 0.2) is 11.2 Å². The maximum atomic E-state index is 6.80. The number of benzene rings is 11. The van der Waals surface area contributed by atoms with Crippen molar-refractivity contribution >= 4 is 164 Å². The normalized spacial score (nSPS) is 13.0. The van der Waals surface area contributed by atoms with Gasteiger partial charge in [-0.1, -0.05) is 158 Å². The molecular weight excluding hydrogens is 881 g/mol. The molecule has 8 heterocycles. The molecule has 0 bridgehead atoms. The number of hydrogen-bond acceptors (Lipinski definition) is 2. The Balaban J connectivity index is 0.985. The Labute approximate surface area is 406 Å². The van der Waals surface area contributed by atoms with E-state index in [9.17, 15) is 0 Å². The Morgan fingerprint density at radius 3 is 1.01 bits per heavy atom. The molecule has 8 aromatic heterocycles. The predicted molar refractivity (Wildman–Crippen MR) is 299 cm³/mol. The lowest BCUT2D eigenvalue weighted by Crippen LogP contribution is -1.96. The summed E-state index contributed by atoms with van der Waals surface area (Å²) < 4.78 is 23.7. The summed E-state index contributed by atoms with van der Waals surface area (Å²) in [5, 5.41) is 19.3. The molecule has 0 unspecified atom stereocenters. The van der Waals surface area contributed by atoms with Crippen molar-refractivity contribution in [3.05, 3.63) is 206 Å². The van der Waals surface area contributed by atoms with Crippen molar-refractivity contribution in [1.82, 2.24) is 17.9 Å². The minimum atomic E-state index is 0.888. The highest BCUT2D eigenvalue weighted by molar-refractivity contribution is 6.34. The summed E-state index contributed by atoms with van der Waals surface area (Å²) in [7, 11) is 0. The van der Waals surface area contributed by atoms with Crippen LogP contribution in [0.5, 0.6) is 0 Å². The van der Waals surface area contributed by atoms with Gasteiger partial charge in [0.1, 0.15) is 11.2 Å². The minimum absolute atomic E-state index is 0.888. The molecule has 72 heavy (non-hydrogen) atoms. The van der Waals surface area contributed by atoms with Gasteiger partial charge < -0.3 is 26.8 Å². The zero-order valence-electron chi connectivity index (χ0n) is 38.2. The Morgan fingerprint density at radius 2 is 0.556 bits per heavy atom. The molecule has 0 N–H and O–H groups in total. The molecule has 6 nitrogen and oxygen atoms in total. The van der Waals surface area contributed by atoms with E-state index >= 15 is 0 Å². The monoisotopic (exact) mass is 914 g/mol. The average molecular weight is 915 g/mol. The molecule has 0 aliphatic heterocycles. The highest BCUT2D eigenvalue weighted by atomic mass is 16.3. The predicted octanol–water partition coefficient (Wildman–Crippen LogP) is 18.0. The average Bonchev–Trinajstić information content (AvgIpc) is 4.32. The summed E-state index contributed by atoms with van der Waals surface area (Å²) in [5.74, 6) is 0. The largest absolute Gasteiger partial charge is 0.454 e. The summed E-state index contributed by atoms with van der Waals surface area (Å²) in [4.78, 5) is 0. The lowest BCUT2D eigenvalue weighted by atomic mass is 10.0. The van der Waals surface area contributed by atoms with Gasteiger partial charge >= 0.3 is 0 Å². The number of para-hydroxylation sites is 8. The molecule has 0 atom stereocenters. The van der Waals surface area contributed by atoms with Crippen molar-refractivity contribution in [1.29, 1.82) is 0 Å². The van der Waals surface area contributed by atoms with Crippen LogP contribution < -0.4 is 0 Å². The molecule has 0 saturated carbocycles. The fourth-order valence-corrected chi connectivity index (χ4v) is 13.8. The van der Waals surface area contributed by atoms with Crippen LogP contribution in [-0.4, -0.2) is 17.9 Å². The molecule has 11 aromatic carbocycles. The summed E-state index contributed by atoms with van der Waals surface area (Å²) in [6.07, 6.45) is 0. The molecule has 0 aliphatic carbocycles. The summed E-state index contributed by atoms with van der Waals surface area (Å²) in [6.45, 7) is 0. The highest BCUT2D eigenvalue weighted by Crippen LogP contribution is 2.50. The molecule has 0 fully saturated rings. The standard InChI is InChI=1S/C66H34N4O2/c1-5-23-51-35(13-1)43-29-31-45-39-17-9-19-41-49-34-56-50(33-55(49)69(59(39)41)63(45)61(43)67(51)53-25-11-21-47-37-15-3-7-27-57(37)71-65(47)53)42-20-10-18-40-46-32-30-44-36-14-2-6-24-52(36)68(62(44)64(46)70(56)60(40)42)54-26-12-22-48-38-16-4-8-28-58(38)72-66(48)54/h1-34H. The molecule has 330 valence electrons. The van der Waals surface area contributed by atoms with E-state index in [1.165, 1.54) is 109 Å². The van der Waals surface area contributed by atoms with Crippen LogP contribution in [0.3, 0.4) is 0 Å². The molecule has 19 rings (SSSR count). The first kappa shape index (κ1) is 36.2. The van der Waals surface area contributed by atoms with Gasteiger partial charge in [-0.25, -0.2) is 0 Å². The van der Waals surface area contributed by atoms with Gasteiger partial charge in [-0.3, -0.25) is 0 Å². The Kier molecular flexibility index (Phi) is 6.20. The van der Waals surface area contributed by atoms with Crippen molar-refractivity contribution in [3.63, 3.8) is 0 Å². The topological polar surface area (TPSA) is 45.0 Å². The quantitative estimate of drug-likeness (QED) is 0.173. The van der Waals surface area contributed by atoms with Crippen LogP contribution in [0.2, 0.25) is 0 Å². The van der Waals surface area contributed by atoms with Crippen molar-refractivity contribution in [3.8, 4) is 11.4 Å². The number of rotatable bonds is 2. The maximum Gasteiger partial charge on any atom is 0.159 e. The number of nitrogens with zero attached hydrogens (tertiary/aromatic N) is 4. The molecule has 0 aliphatic rings. The van der Waals surface area contributed by atoms with Gasteiger partial charge in [0.25, 0.3) is 0 Å². The summed E-state index contributed by atoms with van der Waals surface area (Å²) in [5.41, 5.74) is 17.6. The third-order valence-electron chi connectivity index (χ3n) is 16.6. The van der Waals surface area contributed by atoms with Crippen LogP contribution in [0.15, 0.2) is 215 Å². The van der Waals surface area contributed by atoms with Crippen LogP contribution in [0.4, 0.5) is 0 Å². The van der Waals surface area contributed by atoms with Gasteiger partial charge in [0, 0.05) is 86.2 Å². The van der Waals surface area contributed by atoms with E-state index in [1.807, 2.05) is 0 Å². The van der Waals surface area contributed by atoms with Gasteiger partial charge in [0.05, 0.1) is 66.5 Å². The first-order chi connectivity index (χ1) is 35.8. The number of furan rings is 2. The molecule has 19 aromatic rings. The van der Waals surface area contributed by atoms with Crippen molar-refractivity contribution in [2.24, 2.45) is 0 Å². The van der Waals surface area contributed by atoms with Crippen LogP contribution in [0.25, 0.3) is 175 Å². The van der Waals surface area contributed by atoms with Crippen LogP contribution in [-0.2, 0) is 0 Å². The lowest BCUT2D eigenvalue weighted by Gasteiger charge is -2.11. The Hall–Kier alpha value is -9.78. The third-order valence-corrected chi connectivity index (χ3v) is 16.6. The molecule has 0 saturated heterocycles. The van der Waals surface area contributed by atoms with Crippen LogP contribution >= 0.6 is 0 Å². The van der Waals surface area contributed by atoms with E-state index in [4.69, 9.17) is 8.83 Å². The van der Waals surface area contributed by atoms with Crippen molar-refractivity contribution in [2.75, 3.05) is 0 Å². The molecule has 6 heteroatoms. The van der Waals surface area contributed by atoms with E-state index in [0.717, 1.165) is 66.3 Å². The number of hydrogen-bond donors (Lipinski definition) is 0. The van der Waals surface area contributed by atoms with E-state index in [0.29, 0.717) is 0 Å². The SMILES string of the molecule is c1ccc2c(c1)oc1c(-n3c4ccccc4c4ccc5c6cccc7c8cc9c(cc8n(c76)c5c43)c3cccc4c5ccc6c7ccccc7n(-c7cccc8c7oc7ccccc78)c6c5n9c34)cccc12. The van der Waals surface area contributed by atoms with Crippen molar-refractivity contribution in [2.45, 2.75) is 0 Å². The molecule has 0 spiro atoms. The van der Waals surface area contributed by atoms with E-state index < -0.39 is 0 Å². The third kappa shape index (κ3) is 4.05. The summed E-state index contributed by atoms with van der Waals surface area (Å²) >= 11 is 0. The van der Waals surface area contributed by atoms with E-state index in [-0.39, 0.29) is 0 Å². The van der Waals surface area contributed by atoms with Gasteiger partial charge in [0.2, 0.25) is 0 Å². The van der Waals surface area contributed by atoms with Gasteiger partial charge in [-0.15, -0.1) is 0 Å². The van der Waals surface area contributed by atoms with Crippen LogP contribution in [0, 0.1) is 0 Å². The van der Waals surface area contributed by atoms with Gasteiger partial charge in [-0.05, 0) is 48.5 Å².